The van der Waals surface area contributed by atoms with Crippen molar-refractivity contribution in [3.05, 3.63) is 24.3 Å². The Hall–Kier alpha value is -1.07. The molecule has 1 N–H and O–H groups in total. The third kappa shape index (κ3) is 3.83. The maximum atomic E-state index is 11.2. The Bertz CT molecular complexity index is 422. The largest absolute Gasteiger partial charge is 0.491 e. The van der Waals surface area contributed by atoms with Crippen LogP contribution in [0.15, 0.2) is 29.2 Å². The molecule has 1 aromatic carbocycles. The van der Waals surface area contributed by atoms with Gasteiger partial charge in [0.15, 0.2) is 9.84 Å². The topological polar surface area (TPSA) is 63.6 Å². The molecule has 0 aliphatic heterocycles. The zero-order valence-electron chi connectivity index (χ0n) is 9.38. The lowest BCUT2D eigenvalue weighted by Gasteiger charge is -2.10. The fourth-order valence-electron chi connectivity index (χ4n) is 1.09. The molecule has 1 atom stereocenters. The van der Waals surface area contributed by atoms with Crippen LogP contribution >= 0.6 is 0 Å². The second kappa shape index (κ2) is 5.32. The third-order valence-corrected chi connectivity index (χ3v) is 3.29. The molecule has 0 heterocycles. The van der Waals surface area contributed by atoms with Crippen molar-refractivity contribution in [1.29, 1.82) is 0 Å². The molecule has 0 bridgehead atoms. The molecule has 0 amide bonds. The minimum Gasteiger partial charge on any atom is -0.491 e. The first-order valence-corrected chi connectivity index (χ1v) is 6.93. The summed E-state index contributed by atoms with van der Waals surface area (Å²) in [5.41, 5.74) is 0. The number of hydrogen-bond donors (Lipinski definition) is 1. The monoisotopic (exact) mass is 244 g/mol. The van der Waals surface area contributed by atoms with Crippen LogP contribution in [0.25, 0.3) is 0 Å². The van der Waals surface area contributed by atoms with E-state index in [9.17, 15) is 13.5 Å². The molecule has 0 fully saturated rings. The Morgan fingerprint density at radius 3 is 2.31 bits per heavy atom. The van der Waals surface area contributed by atoms with Crippen molar-refractivity contribution in [3.63, 3.8) is 0 Å². The number of aliphatic hydroxyl groups is 1. The Balaban J connectivity index is 2.66. The molecule has 1 rings (SSSR count). The van der Waals surface area contributed by atoms with Crippen molar-refractivity contribution in [2.45, 2.75) is 24.3 Å². The summed E-state index contributed by atoms with van der Waals surface area (Å²) < 4.78 is 27.6. The van der Waals surface area contributed by atoms with Crippen LogP contribution in [-0.2, 0) is 9.84 Å². The van der Waals surface area contributed by atoms with E-state index >= 15 is 0 Å². The van der Waals surface area contributed by atoms with Crippen LogP contribution in [0.2, 0.25) is 0 Å². The van der Waals surface area contributed by atoms with Crippen LogP contribution < -0.4 is 4.74 Å². The molecule has 0 unspecified atom stereocenters. The van der Waals surface area contributed by atoms with Gasteiger partial charge in [0.2, 0.25) is 0 Å². The third-order valence-electron chi connectivity index (χ3n) is 2.17. The first-order chi connectivity index (χ1) is 7.43. The van der Waals surface area contributed by atoms with Gasteiger partial charge in [-0.2, -0.15) is 0 Å². The van der Waals surface area contributed by atoms with Crippen LogP contribution in [0.5, 0.6) is 5.75 Å². The van der Waals surface area contributed by atoms with Crippen molar-refractivity contribution in [3.8, 4) is 5.75 Å². The van der Waals surface area contributed by atoms with Gasteiger partial charge in [0, 0.05) is 6.26 Å². The zero-order chi connectivity index (χ0) is 12.2. The summed E-state index contributed by atoms with van der Waals surface area (Å²) in [7, 11) is -3.16. The van der Waals surface area contributed by atoms with Crippen LogP contribution in [0, 0.1) is 0 Å². The molecule has 0 aromatic heterocycles. The number of aliphatic hydroxyl groups excluding tert-OH is 1. The summed E-state index contributed by atoms with van der Waals surface area (Å²) in [5, 5.41) is 9.28. The lowest BCUT2D eigenvalue weighted by atomic mass is 10.3. The highest BCUT2D eigenvalue weighted by atomic mass is 32.2. The van der Waals surface area contributed by atoms with Gasteiger partial charge >= 0.3 is 0 Å². The average Bonchev–Trinajstić information content (AvgIpc) is 2.25. The second-order valence-corrected chi connectivity index (χ2v) is 5.63. The number of benzene rings is 1. The quantitative estimate of drug-likeness (QED) is 0.846. The predicted molar refractivity (Wildman–Crippen MR) is 61.3 cm³/mol. The van der Waals surface area contributed by atoms with Crippen molar-refractivity contribution in [1.82, 2.24) is 0 Å². The van der Waals surface area contributed by atoms with Gasteiger partial charge in [-0.25, -0.2) is 8.42 Å². The lowest BCUT2D eigenvalue weighted by Crippen LogP contribution is -2.15. The smallest absolute Gasteiger partial charge is 0.175 e. The van der Waals surface area contributed by atoms with Crippen molar-refractivity contribution < 1.29 is 18.3 Å². The Kier molecular flexibility index (Phi) is 4.32. The van der Waals surface area contributed by atoms with Gasteiger partial charge < -0.3 is 9.84 Å². The number of rotatable bonds is 5. The molecule has 0 aliphatic carbocycles. The van der Waals surface area contributed by atoms with Crippen LogP contribution in [-0.4, -0.2) is 32.5 Å². The minimum atomic E-state index is -3.16. The highest BCUT2D eigenvalue weighted by molar-refractivity contribution is 7.90. The molecule has 0 saturated carbocycles. The van der Waals surface area contributed by atoms with Gasteiger partial charge in [-0.15, -0.1) is 0 Å². The highest BCUT2D eigenvalue weighted by Crippen LogP contribution is 2.16. The zero-order valence-corrected chi connectivity index (χ0v) is 10.2. The Morgan fingerprint density at radius 2 is 1.88 bits per heavy atom. The van der Waals surface area contributed by atoms with E-state index in [2.05, 4.69) is 0 Å². The maximum Gasteiger partial charge on any atom is 0.175 e. The molecule has 5 heteroatoms. The van der Waals surface area contributed by atoms with Gasteiger partial charge in [-0.05, 0) is 30.7 Å². The second-order valence-electron chi connectivity index (χ2n) is 3.62. The predicted octanol–water partition coefficient (Wildman–Crippen LogP) is 1.24. The van der Waals surface area contributed by atoms with E-state index in [-0.39, 0.29) is 11.5 Å². The summed E-state index contributed by atoms with van der Waals surface area (Å²) in [5.74, 6) is 0.555. The van der Waals surface area contributed by atoms with Gasteiger partial charge in [-0.1, -0.05) is 6.92 Å². The van der Waals surface area contributed by atoms with Crippen molar-refractivity contribution in [2.75, 3.05) is 12.9 Å². The SMILES string of the molecule is CC[C@H](O)COc1ccc(S(C)(=O)=O)cc1. The molecule has 0 aliphatic rings. The van der Waals surface area contributed by atoms with Crippen molar-refractivity contribution in [2.24, 2.45) is 0 Å². The molecular weight excluding hydrogens is 228 g/mol. The van der Waals surface area contributed by atoms with E-state index in [1.54, 1.807) is 12.1 Å². The number of ether oxygens (including phenoxy) is 1. The van der Waals surface area contributed by atoms with E-state index < -0.39 is 15.9 Å². The maximum absolute atomic E-state index is 11.2. The van der Waals surface area contributed by atoms with Crippen LogP contribution in [0.1, 0.15) is 13.3 Å². The molecule has 90 valence electrons. The molecule has 0 saturated heterocycles. The standard InChI is InChI=1S/C11H16O4S/c1-3-9(12)8-15-10-4-6-11(7-5-10)16(2,13)14/h4-7,9,12H,3,8H2,1-2H3/t9-/m0/s1. The molecule has 1 aromatic rings. The van der Waals surface area contributed by atoms with E-state index in [1.807, 2.05) is 6.92 Å². The fourth-order valence-corrected chi connectivity index (χ4v) is 1.72. The Morgan fingerprint density at radius 1 is 1.31 bits per heavy atom. The molecule has 16 heavy (non-hydrogen) atoms. The minimum absolute atomic E-state index is 0.217. The van der Waals surface area contributed by atoms with Gasteiger partial charge in [0.05, 0.1) is 11.0 Å². The normalized spacial score (nSPS) is 13.4. The van der Waals surface area contributed by atoms with E-state index in [4.69, 9.17) is 4.74 Å². The molecule has 4 nitrogen and oxygen atoms in total. The van der Waals surface area contributed by atoms with Crippen molar-refractivity contribution >= 4 is 9.84 Å². The summed E-state index contributed by atoms with van der Waals surface area (Å²) >= 11 is 0. The van der Waals surface area contributed by atoms with Gasteiger partial charge in [0.1, 0.15) is 12.4 Å². The van der Waals surface area contributed by atoms with Gasteiger partial charge in [-0.3, -0.25) is 0 Å². The summed E-state index contributed by atoms with van der Waals surface area (Å²) in [4.78, 5) is 0.260. The average molecular weight is 244 g/mol. The number of sulfone groups is 1. The van der Waals surface area contributed by atoms with E-state index in [1.165, 1.54) is 12.1 Å². The molecule has 0 spiro atoms. The summed E-state index contributed by atoms with van der Waals surface area (Å²) in [6.45, 7) is 2.08. The first kappa shape index (κ1) is 13.0. The highest BCUT2D eigenvalue weighted by Gasteiger charge is 2.07. The summed E-state index contributed by atoms with van der Waals surface area (Å²) in [6.07, 6.45) is 1.29. The Labute approximate surface area is 95.8 Å². The number of hydrogen-bond acceptors (Lipinski definition) is 4. The van der Waals surface area contributed by atoms with Crippen LogP contribution in [0.4, 0.5) is 0 Å². The molecular formula is C11H16O4S. The van der Waals surface area contributed by atoms with Gasteiger partial charge in [0.25, 0.3) is 0 Å². The van der Waals surface area contributed by atoms with E-state index in [0.29, 0.717) is 12.2 Å². The fraction of sp³-hybridized carbons (Fsp3) is 0.455. The molecule has 0 radical (unpaired) electrons. The van der Waals surface area contributed by atoms with E-state index in [0.717, 1.165) is 6.26 Å². The first-order valence-electron chi connectivity index (χ1n) is 5.04. The summed E-state index contributed by atoms with van der Waals surface area (Å²) in [6, 6.07) is 6.14. The van der Waals surface area contributed by atoms with Crippen LogP contribution in [0.3, 0.4) is 0 Å². The lowest BCUT2D eigenvalue weighted by molar-refractivity contribution is 0.104.